The lowest BCUT2D eigenvalue weighted by molar-refractivity contribution is 0.0584. The van der Waals surface area contributed by atoms with Gasteiger partial charge in [-0.05, 0) is 70.2 Å². The molecule has 0 spiro atoms. The van der Waals surface area contributed by atoms with Crippen molar-refractivity contribution in [3.8, 4) is 6.19 Å². The van der Waals surface area contributed by atoms with Crippen molar-refractivity contribution in [1.29, 1.82) is 5.26 Å². The number of nitriles is 1. The maximum absolute atomic E-state index is 12.8. The molecule has 7 nitrogen and oxygen atoms in total. The normalized spacial score (nSPS) is 25.4. The second-order valence-electron chi connectivity index (χ2n) is 8.85. The number of rotatable bonds is 2. The molecule has 0 saturated carbocycles. The SMILES string of the molecule is CC(C)(C)OC(=O)N1CCc2cc(C(=O)N[C@@H]3C[C@@H]4CC[C@H]3N4C#N)ccc21. The van der Waals surface area contributed by atoms with Crippen LogP contribution in [0.15, 0.2) is 18.2 Å². The summed E-state index contributed by atoms with van der Waals surface area (Å²) in [4.78, 5) is 28.6. The van der Waals surface area contributed by atoms with Crippen LogP contribution in [0.25, 0.3) is 0 Å². The monoisotopic (exact) mass is 382 g/mol. The third-order valence-corrected chi connectivity index (χ3v) is 5.82. The van der Waals surface area contributed by atoms with Crippen molar-refractivity contribution >= 4 is 17.7 Å². The molecule has 28 heavy (non-hydrogen) atoms. The quantitative estimate of drug-likeness (QED) is 0.795. The molecule has 0 unspecified atom stereocenters. The van der Waals surface area contributed by atoms with Gasteiger partial charge in [0.1, 0.15) is 5.60 Å². The molecule has 3 atom stereocenters. The second-order valence-corrected chi connectivity index (χ2v) is 8.85. The summed E-state index contributed by atoms with van der Waals surface area (Å²) in [5.74, 6) is -0.117. The summed E-state index contributed by atoms with van der Waals surface area (Å²) < 4.78 is 5.47. The summed E-state index contributed by atoms with van der Waals surface area (Å²) in [6.45, 7) is 6.09. The number of hydrogen-bond acceptors (Lipinski definition) is 5. The largest absolute Gasteiger partial charge is 0.443 e. The van der Waals surface area contributed by atoms with E-state index in [1.54, 1.807) is 11.0 Å². The molecule has 1 aromatic carbocycles. The lowest BCUT2D eigenvalue weighted by atomic mass is 9.95. The average molecular weight is 382 g/mol. The number of fused-ring (bicyclic) bond motifs is 3. The first-order valence-corrected chi connectivity index (χ1v) is 9.89. The Morgan fingerprint density at radius 1 is 1.29 bits per heavy atom. The zero-order valence-corrected chi connectivity index (χ0v) is 16.6. The zero-order valence-electron chi connectivity index (χ0n) is 16.6. The molecule has 148 valence electrons. The second kappa shape index (κ2) is 6.69. The van der Waals surface area contributed by atoms with Crippen LogP contribution in [0.1, 0.15) is 56.0 Å². The molecule has 3 aliphatic heterocycles. The van der Waals surface area contributed by atoms with Gasteiger partial charge in [-0.3, -0.25) is 9.69 Å². The zero-order chi connectivity index (χ0) is 20.1. The Hall–Kier alpha value is -2.75. The molecule has 1 N–H and O–H groups in total. The molecule has 2 bridgehead atoms. The van der Waals surface area contributed by atoms with E-state index in [1.807, 2.05) is 37.8 Å². The number of nitrogens with one attached hydrogen (secondary N) is 1. The fourth-order valence-electron chi connectivity index (χ4n) is 4.60. The van der Waals surface area contributed by atoms with Gasteiger partial charge in [0.15, 0.2) is 6.19 Å². The van der Waals surface area contributed by atoms with Crippen LogP contribution in [0.4, 0.5) is 10.5 Å². The number of carbonyl (C=O) groups is 2. The fourth-order valence-corrected chi connectivity index (χ4v) is 4.60. The van der Waals surface area contributed by atoms with Gasteiger partial charge in [-0.15, -0.1) is 0 Å². The minimum absolute atomic E-state index is 0.0254. The van der Waals surface area contributed by atoms with Gasteiger partial charge in [0, 0.05) is 18.2 Å². The number of benzene rings is 1. The lowest BCUT2D eigenvalue weighted by Crippen LogP contribution is -2.43. The Labute approximate surface area is 165 Å². The number of anilines is 1. The van der Waals surface area contributed by atoms with Gasteiger partial charge in [-0.25, -0.2) is 4.79 Å². The standard InChI is InChI=1S/C21H26N4O3/c1-21(2,3)28-20(27)24-9-8-13-10-14(4-6-17(13)24)19(26)23-16-11-15-5-7-18(16)25(15)12-22/h4,6,10,15-16,18H,5,7-9,11H2,1-3H3,(H,23,26)/t15-,16+,18+/m0/s1. The van der Waals surface area contributed by atoms with Crippen molar-refractivity contribution in [2.75, 3.05) is 11.4 Å². The van der Waals surface area contributed by atoms with E-state index in [9.17, 15) is 14.9 Å². The van der Waals surface area contributed by atoms with Crippen molar-refractivity contribution in [2.24, 2.45) is 0 Å². The average Bonchev–Trinajstić information content (AvgIpc) is 3.31. The number of hydrogen-bond donors (Lipinski definition) is 1. The van der Waals surface area contributed by atoms with Gasteiger partial charge in [-0.2, -0.15) is 5.26 Å². The summed E-state index contributed by atoms with van der Waals surface area (Å²) in [7, 11) is 0. The topological polar surface area (TPSA) is 85.7 Å². The summed E-state index contributed by atoms with van der Waals surface area (Å²) in [5.41, 5.74) is 1.83. The molecule has 2 fully saturated rings. The van der Waals surface area contributed by atoms with Gasteiger partial charge in [0.05, 0.1) is 17.8 Å². The molecular formula is C21H26N4O3. The molecule has 4 rings (SSSR count). The van der Waals surface area contributed by atoms with E-state index in [4.69, 9.17) is 4.74 Å². The van der Waals surface area contributed by atoms with E-state index >= 15 is 0 Å². The van der Waals surface area contributed by atoms with Crippen LogP contribution in [0.5, 0.6) is 0 Å². The van der Waals surface area contributed by atoms with E-state index in [0.717, 1.165) is 30.5 Å². The predicted molar refractivity (Wildman–Crippen MR) is 104 cm³/mol. The summed E-state index contributed by atoms with van der Waals surface area (Å²) in [5, 5.41) is 12.4. The van der Waals surface area contributed by atoms with Gasteiger partial charge >= 0.3 is 6.09 Å². The molecule has 3 heterocycles. The summed E-state index contributed by atoms with van der Waals surface area (Å²) >= 11 is 0. The summed E-state index contributed by atoms with van der Waals surface area (Å²) in [6, 6.07) is 5.86. The number of ether oxygens (including phenoxy) is 1. The Morgan fingerprint density at radius 3 is 2.75 bits per heavy atom. The molecule has 0 aromatic heterocycles. The van der Waals surface area contributed by atoms with Crippen molar-refractivity contribution in [2.45, 2.75) is 70.2 Å². The Balaban J connectivity index is 1.44. The minimum atomic E-state index is -0.544. The lowest BCUT2D eigenvalue weighted by Gasteiger charge is -2.25. The van der Waals surface area contributed by atoms with Crippen molar-refractivity contribution in [3.05, 3.63) is 29.3 Å². The highest BCUT2D eigenvalue weighted by atomic mass is 16.6. The first-order valence-electron chi connectivity index (χ1n) is 9.89. The van der Waals surface area contributed by atoms with Crippen LogP contribution < -0.4 is 10.2 Å². The number of nitrogens with zero attached hydrogens (tertiary/aromatic N) is 3. The molecule has 2 saturated heterocycles. The van der Waals surface area contributed by atoms with Crippen LogP contribution in [0.3, 0.4) is 0 Å². The third-order valence-electron chi connectivity index (χ3n) is 5.82. The van der Waals surface area contributed by atoms with Crippen molar-refractivity contribution < 1.29 is 14.3 Å². The maximum Gasteiger partial charge on any atom is 0.414 e. The predicted octanol–water partition coefficient (Wildman–Crippen LogP) is 2.80. The van der Waals surface area contributed by atoms with Crippen LogP contribution in [0, 0.1) is 11.5 Å². The minimum Gasteiger partial charge on any atom is -0.443 e. The van der Waals surface area contributed by atoms with E-state index in [1.165, 1.54) is 0 Å². The summed E-state index contributed by atoms with van der Waals surface area (Å²) in [6.07, 6.45) is 5.43. The fraction of sp³-hybridized carbons (Fsp3) is 0.571. The molecule has 0 radical (unpaired) electrons. The highest BCUT2D eigenvalue weighted by Gasteiger charge is 2.46. The molecule has 0 aliphatic carbocycles. The molecule has 7 heteroatoms. The van der Waals surface area contributed by atoms with Gasteiger partial charge in [0.25, 0.3) is 5.91 Å². The highest BCUT2D eigenvalue weighted by Crippen LogP contribution is 2.37. The van der Waals surface area contributed by atoms with Gasteiger partial charge in [0.2, 0.25) is 0 Å². The first-order chi connectivity index (χ1) is 13.3. The van der Waals surface area contributed by atoms with E-state index < -0.39 is 5.60 Å². The van der Waals surface area contributed by atoms with Gasteiger partial charge < -0.3 is 15.0 Å². The van der Waals surface area contributed by atoms with Crippen LogP contribution in [-0.2, 0) is 11.2 Å². The molecule has 1 aromatic rings. The number of carbonyl (C=O) groups excluding carboxylic acids is 2. The van der Waals surface area contributed by atoms with Gasteiger partial charge in [-0.1, -0.05) is 0 Å². The Bertz CT molecular complexity index is 854. The van der Waals surface area contributed by atoms with Crippen molar-refractivity contribution in [3.63, 3.8) is 0 Å². The molecule has 3 aliphatic rings. The van der Waals surface area contributed by atoms with E-state index in [-0.39, 0.29) is 30.1 Å². The van der Waals surface area contributed by atoms with E-state index in [0.29, 0.717) is 18.5 Å². The first kappa shape index (κ1) is 18.6. The van der Waals surface area contributed by atoms with Crippen molar-refractivity contribution in [1.82, 2.24) is 10.2 Å². The third kappa shape index (κ3) is 3.28. The van der Waals surface area contributed by atoms with Crippen LogP contribution in [-0.4, -0.2) is 47.2 Å². The van der Waals surface area contributed by atoms with E-state index in [2.05, 4.69) is 11.5 Å². The smallest absolute Gasteiger partial charge is 0.414 e. The van der Waals surface area contributed by atoms with Crippen LogP contribution in [0.2, 0.25) is 0 Å². The number of amides is 2. The maximum atomic E-state index is 12.8. The Morgan fingerprint density at radius 2 is 2.07 bits per heavy atom. The molecular weight excluding hydrogens is 356 g/mol. The Kier molecular flexibility index (Phi) is 4.45. The highest BCUT2D eigenvalue weighted by molar-refractivity contribution is 5.97. The van der Waals surface area contributed by atoms with Crippen LogP contribution >= 0.6 is 0 Å². The molecule has 2 amide bonds.